The molecule has 0 rings (SSSR count). The minimum Gasteiger partial charge on any atom is -0.477 e. The van der Waals surface area contributed by atoms with E-state index in [4.69, 9.17) is 18.9 Å². The quantitative estimate of drug-likeness (QED) is 0.0211. The summed E-state index contributed by atoms with van der Waals surface area (Å²) < 4.78 is 22.9. The molecule has 502 valence electrons. The van der Waals surface area contributed by atoms with Crippen molar-refractivity contribution in [2.45, 2.75) is 334 Å². The minimum atomic E-state index is -1.52. The van der Waals surface area contributed by atoms with E-state index >= 15 is 0 Å². The van der Waals surface area contributed by atoms with E-state index in [0.29, 0.717) is 23.9 Å². The second-order valence-corrected chi connectivity index (χ2v) is 25.5. The molecule has 9 heteroatoms. The molecule has 0 aromatic rings. The van der Waals surface area contributed by atoms with E-state index in [0.717, 1.165) is 89.9 Å². The van der Waals surface area contributed by atoms with Crippen molar-refractivity contribution in [1.82, 2.24) is 0 Å². The number of aliphatic carboxylic acids is 1. The van der Waals surface area contributed by atoms with Crippen LogP contribution in [0.25, 0.3) is 0 Å². The van der Waals surface area contributed by atoms with Crippen molar-refractivity contribution in [1.29, 1.82) is 0 Å². The molecule has 0 aromatic heterocycles. The van der Waals surface area contributed by atoms with Crippen molar-refractivity contribution < 1.29 is 42.9 Å². The monoisotopic (exact) mass is 1220 g/mol. The topological polar surface area (TPSA) is 108 Å². The molecule has 0 saturated carbocycles. The summed E-state index contributed by atoms with van der Waals surface area (Å²) in [6, 6.07) is 0. The standard InChI is InChI=1S/C78H137NO8/c1-6-8-10-12-14-16-18-20-22-24-26-28-30-31-32-33-34-35-36-37-38-39-40-41-42-43-44-45-47-48-50-52-54-56-58-60-62-64-66-68-75(80)85-72-74(73-86-78(77(82)83)84-71-70-79(3,4)5)87-76(81)69-67-65-63-61-59-57-55-53-51-49-46-29-27-25-23-21-19-17-15-13-11-9-7-2/h9,11,15,17-18,20-21,23-24,26-27,29,49,51,55,57,74,78H,6-8,10,12-14,16,19,22,25,28,30-48,50,52-54,56,58-73H2,1-5H3/p+1/b11-9-,17-15-,20-18-,23-21-,26-24-,29-27-,51-49-,57-55-. The molecule has 2 atom stereocenters. The number of carbonyl (C=O) groups excluding carboxylic acids is 2. The number of carbonyl (C=O) groups is 3. The number of unbranched alkanes of at least 4 members (excludes halogenated alkanes) is 36. The Morgan fingerprint density at radius 3 is 0.977 bits per heavy atom. The van der Waals surface area contributed by atoms with Crippen LogP contribution in [-0.4, -0.2) is 87.4 Å². The van der Waals surface area contributed by atoms with Gasteiger partial charge in [-0.05, 0) is 96.3 Å². The second kappa shape index (κ2) is 68.1. The first-order chi connectivity index (χ1) is 42.6. The SMILES string of the molecule is CC/C=C\C/C=C\C/C=C\C/C=C\C/C=C\C/C=C\CCCCCCC(=O)OC(COC(=O)CCCCCCCCCCCCCCCCCCCCCCCCCCCCC/C=C\C/C=C\CCCCCCC)COC(OCC[N+](C)(C)C)C(=O)O. The lowest BCUT2D eigenvalue weighted by atomic mass is 10.0. The maximum absolute atomic E-state index is 12.9. The number of carboxylic acids is 1. The van der Waals surface area contributed by atoms with E-state index in [1.54, 1.807) is 0 Å². The summed E-state index contributed by atoms with van der Waals surface area (Å²) in [6.45, 7) is 4.75. The molecule has 0 amide bonds. The van der Waals surface area contributed by atoms with Gasteiger partial charge < -0.3 is 28.5 Å². The Hall–Kier alpha value is -3.79. The molecule has 0 saturated heterocycles. The van der Waals surface area contributed by atoms with Gasteiger partial charge in [0.2, 0.25) is 0 Å². The van der Waals surface area contributed by atoms with Gasteiger partial charge in [0, 0.05) is 12.8 Å². The molecule has 2 unspecified atom stereocenters. The van der Waals surface area contributed by atoms with E-state index in [2.05, 4.69) is 111 Å². The van der Waals surface area contributed by atoms with Gasteiger partial charge in [0.25, 0.3) is 6.29 Å². The van der Waals surface area contributed by atoms with Crippen LogP contribution in [0, 0.1) is 0 Å². The third-order valence-corrected chi connectivity index (χ3v) is 15.8. The van der Waals surface area contributed by atoms with Crippen LogP contribution in [-0.2, 0) is 33.3 Å². The highest BCUT2D eigenvalue weighted by Crippen LogP contribution is 2.18. The fourth-order valence-electron chi connectivity index (χ4n) is 10.3. The van der Waals surface area contributed by atoms with E-state index in [1.165, 1.54) is 199 Å². The lowest BCUT2D eigenvalue weighted by molar-refractivity contribution is -0.870. The predicted octanol–water partition coefficient (Wildman–Crippen LogP) is 22.8. The number of hydrogen-bond acceptors (Lipinski definition) is 7. The van der Waals surface area contributed by atoms with E-state index < -0.39 is 24.3 Å². The van der Waals surface area contributed by atoms with Gasteiger partial charge in [-0.3, -0.25) is 9.59 Å². The van der Waals surface area contributed by atoms with Gasteiger partial charge >= 0.3 is 17.9 Å². The summed E-state index contributed by atoms with van der Waals surface area (Å²) in [7, 11) is 5.97. The molecular weight excluding hydrogens is 1080 g/mol. The first kappa shape index (κ1) is 83.2. The van der Waals surface area contributed by atoms with Crippen LogP contribution in [0.3, 0.4) is 0 Å². The van der Waals surface area contributed by atoms with Crippen LogP contribution in [0.4, 0.5) is 0 Å². The Morgan fingerprint density at radius 2 is 0.655 bits per heavy atom. The van der Waals surface area contributed by atoms with Crippen molar-refractivity contribution in [3.63, 3.8) is 0 Å². The Kier molecular flexibility index (Phi) is 65.2. The molecule has 0 aliphatic rings. The van der Waals surface area contributed by atoms with Crippen LogP contribution in [0.5, 0.6) is 0 Å². The highest BCUT2D eigenvalue weighted by molar-refractivity contribution is 5.71. The number of hydrogen-bond donors (Lipinski definition) is 1. The Morgan fingerprint density at radius 1 is 0.356 bits per heavy atom. The zero-order valence-electron chi connectivity index (χ0n) is 57.4. The molecule has 0 aliphatic heterocycles. The lowest BCUT2D eigenvalue weighted by Crippen LogP contribution is -2.40. The third-order valence-electron chi connectivity index (χ3n) is 15.8. The lowest BCUT2D eigenvalue weighted by Gasteiger charge is -2.25. The maximum atomic E-state index is 12.9. The predicted molar refractivity (Wildman–Crippen MR) is 373 cm³/mol. The summed E-state index contributed by atoms with van der Waals surface area (Å²) >= 11 is 0. The molecular formula is C78H138NO8+. The fraction of sp³-hybridized carbons (Fsp3) is 0.756. The van der Waals surface area contributed by atoms with Crippen molar-refractivity contribution in [2.24, 2.45) is 0 Å². The van der Waals surface area contributed by atoms with E-state index in [1.807, 2.05) is 21.1 Å². The van der Waals surface area contributed by atoms with Crippen molar-refractivity contribution in [2.75, 3.05) is 47.5 Å². The maximum Gasteiger partial charge on any atom is 0.361 e. The van der Waals surface area contributed by atoms with Gasteiger partial charge in [-0.15, -0.1) is 0 Å². The van der Waals surface area contributed by atoms with Crippen LogP contribution >= 0.6 is 0 Å². The summed E-state index contributed by atoms with van der Waals surface area (Å²) in [5.74, 6) is -2.03. The summed E-state index contributed by atoms with van der Waals surface area (Å²) in [4.78, 5) is 37.6. The normalized spacial score (nSPS) is 13.3. The molecule has 0 spiro atoms. The highest BCUT2D eigenvalue weighted by Gasteiger charge is 2.25. The number of nitrogens with zero attached hydrogens (tertiary/aromatic N) is 1. The van der Waals surface area contributed by atoms with Gasteiger partial charge in [0.15, 0.2) is 6.10 Å². The smallest absolute Gasteiger partial charge is 0.361 e. The minimum absolute atomic E-state index is 0.179. The number of quaternary nitrogens is 1. The van der Waals surface area contributed by atoms with E-state index in [-0.39, 0.29) is 32.2 Å². The van der Waals surface area contributed by atoms with Crippen molar-refractivity contribution >= 4 is 17.9 Å². The largest absolute Gasteiger partial charge is 0.477 e. The average Bonchev–Trinajstić information content (AvgIpc) is 3.50. The van der Waals surface area contributed by atoms with Gasteiger partial charge in [0.1, 0.15) is 13.2 Å². The summed E-state index contributed by atoms with van der Waals surface area (Å²) in [5, 5.41) is 9.74. The number of rotatable bonds is 67. The molecule has 9 nitrogen and oxygen atoms in total. The molecule has 1 N–H and O–H groups in total. The highest BCUT2D eigenvalue weighted by atomic mass is 16.7. The van der Waals surface area contributed by atoms with Crippen LogP contribution in [0.15, 0.2) is 97.2 Å². The van der Waals surface area contributed by atoms with Gasteiger partial charge in [-0.25, -0.2) is 4.79 Å². The zero-order valence-corrected chi connectivity index (χ0v) is 57.4. The van der Waals surface area contributed by atoms with Gasteiger partial charge in [0.05, 0.1) is 34.4 Å². The molecule has 0 aliphatic carbocycles. The fourth-order valence-corrected chi connectivity index (χ4v) is 10.3. The first-order valence-corrected chi connectivity index (χ1v) is 36.4. The molecule has 0 aromatic carbocycles. The second-order valence-electron chi connectivity index (χ2n) is 25.5. The third kappa shape index (κ3) is 69.5. The molecule has 0 fully saturated rings. The number of likely N-dealkylation sites (N-methyl/N-ethyl adjacent to an activating group) is 1. The van der Waals surface area contributed by atoms with Crippen LogP contribution < -0.4 is 0 Å². The molecule has 0 radical (unpaired) electrons. The molecule has 0 heterocycles. The van der Waals surface area contributed by atoms with Crippen molar-refractivity contribution in [3.8, 4) is 0 Å². The number of ether oxygens (including phenoxy) is 4. The first-order valence-electron chi connectivity index (χ1n) is 36.4. The van der Waals surface area contributed by atoms with Gasteiger partial charge in [-0.2, -0.15) is 0 Å². The number of allylic oxidation sites excluding steroid dienone is 16. The summed E-state index contributed by atoms with van der Waals surface area (Å²) in [6.07, 6.45) is 91.2. The molecule has 0 bridgehead atoms. The zero-order chi connectivity index (χ0) is 63.3. The van der Waals surface area contributed by atoms with Gasteiger partial charge in [-0.1, -0.05) is 310 Å². The number of carboxylic acid groups (broad SMARTS) is 1. The summed E-state index contributed by atoms with van der Waals surface area (Å²) in [5.41, 5.74) is 0. The Bertz CT molecular complexity index is 1750. The molecule has 87 heavy (non-hydrogen) atoms. The average molecular weight is 1220 g/mol. The Labute approximate surface area is 537 Å². The van der Waals surface area contributed by atoms with E-state index in [9.17, 15) is 19.5 Å². The van der Waals surface area contributed by atoms with Crippen LogP contribution in [0.1, 0.15) is 322 Å². The van der Waals surface area contributed by atoms with Crippen molar-refractivity contribution in [3.05, 3.63) is 97.2 Å². The number of esters is 2. The van der Waals surface area contributed by atoms with Crippen LogP contribution in [0.2, 0.25) is 0 Å². The Balaban J connectivity index is 4.03.